The Bertz CT molecular complexity index is 701. The van der Waals surface area contributed by atoms with E-state index in [4.69, 9.17) is 4.52 Å². The monoisotopic (exact) mass is 522 g/mol. The van der Waals surface area contributed by atoms with E-state index in [1.54, 1.807) is 0 Å². The molecular weight excluding hydrogens is 463 g/mol. The fraction of sp³-hybridized carbons (Fsp3) is 0.812. The maximum Gasteiger partial charge on any atom is 0.391 e. The predicted octanol–water partition coefficient (Wildman–Crippen LogP) is 10.7. The van der Waals surface area contributed by atoms with Gasteiger partial charge >= 0.3 is 8.60 Å². The summed E-state index contributed by atoms with van der Waals surface area (Å²) in [5.74, 6) is 0.623. The number of unbranched alkanes of at least 4 members (excludes halogenated alkanes) is 15. The Morgan fingerprint density at radius 3 is 1.39 bits per heavy atom. The summed E-state index contributed by atoms with van der Waals surface area (Å²) in [5.41, 5.74) is 3.72. The normalized spacial score (nSPS) is 12.5. The summed E-state index contributed by atoms with van der Waals surface area (Å²) in [4.78, 5) is 19.1. The minimum Gasteiger partial charge on any atom is -0.427 e. The van der Waals surface area contributed by atoms with Gasteiger partial charge in [0.2, 0.25) is 0 Å². The first-order chi connectivity index (χ1) is 17.0. The third-order valence-electron chi connectivity index (χ3n) is 7.29. The van der Waals surface area contributed by atoms with Crippen molar-refractivity contribution in [2.24, 2.45) is 0 Å². The van der Waals surface area contributed by atoms with Crippen molar-refractivity contribution in [2.45, 2.75) is 168 Å². The molecule has 0 spiro atoms. The molecule has 0 aliphatic carbocycles. The molecule has 4 heteroatoms. The van der Waals surface area contributed by atoms with Crippen molar-refractivity contribution in [3.8, 4) is 5.75 Å². The first-order valence-electron chi connectivity index (χ1n) is 15.0. The molecule has 3 nitrogen and oxygen atoms in total. The van der Waals surface area contributed by atoms with Gasteiger partial charge in [0.25, 0.3) is 0 Å². The van der Waals surface area contributed by atoms with E-state index < -0.39 is 8.60 Å². The Labute approximate surface area is 225 Å². The van der Waals surface area contributed by atoms with Crippen LogP contribution in [0.1, 0.15) is 168 Å². The van der Waals surface area contributed by atoms with Crippen molar-refractivity contribution < 1.29 is 14.3 Å². The molecule has 1 aromatic carbocycles. The van der Waals surface area contributed by atoms with Crippen LogP contribution in [-0.4, -0.2) is 9.79 Å². The van der Waals surface area contributed by atoms with Crippen LogP contribution in [0.3, 0.4) is 0 Å². The maximum absolute atomic E-state index is 9.54. The maximum atomic E-state index is 9.54. The molecule has 2 N–H and O–H groups in total. The van der Waals surface area contributed by atoms with Gasteiger partial charge in [-0.1, -0.05) is 151 Å². The molecule has 0 radical (unpaired) electrons. The molecule has 210 valence electrons. The van der Waals surface area contributed by atoms with E-state index in [2.05, 4.69) is 54.5 Å². The van der Waals surface area contributed by atoms with E-state index >= 15 is 0 Å². The molecule has 0 heterocycles. The van der Waals surface area contributed by atoms with Gasteiger partial charge in [-0.15, -0.1) is 0 Å². The van der Waals surface area contributed by atoms with E-state index in [9.17, 15) is 9.79 Å². The molecule has 0 saturated heterocycles. The van der Waals surface area contributed by atoms with Crippen molar-refractivity contribution in [3.63, 3.8) is 0 Å². The number of hydrogen-bond acceptors (Lipinski definition) is 3. The second kappa shape index (κ2) is 17.8. The average molecular weight is 523 g/mol. The van der Waals surface area contributed by atoms with Crippen LogP contribution in [0, 0.1) is 0 Å². The zero-order chi connectivity index (χ0) is 27.0. The van der Waals surface area contributed by atoms with E-state index in [1.165, 1.54) is 114 Å². The van der Waals surface area contributed by atoms with Gasteiger partial charge in [0, 0.05) is 5.56 Å². The summed E-state index contributed by atoms with van der Waals surface area (Å²) in [6.45, 7) is 15.6. The molecular formula is C32H59O3P. The molecule has 1 rings (SSSR count). The number of hydrogen-bond donors (Lipinski definition) is 2. The molecule has 36 heavy (non-hydrogen) atoms. The molecule has 0 fully saturated rings. The summed E-state index contributed by atoms with van der Waals surface area (Å²) in [6.07, 6.45) is 23.1. The van der Waals surface area contributed by atoms with Crippen molar-refractivity contribution in [1.29, 1.82) is 0 Å². The van der Waals surface area contributed by atoms with Crippen LogP contribution in [0.25, 0.3) is 0 Å². The third-order valence-corrected chi connectivity index (χ3v) is 7.65. The van der Waals surface area contributed by atoms with Gasteiger partial charge in [-0.3, -0.25) is 0 Å². The van der Waals surface area contributed by atoms with E-state index in [0.717, 1.165) is 12.0 Å². The Morgan fingerprint density at radius 2 is 1.03 bits per heavy atom. The lowest BCUT2D eigenvalue weighted by Gasteiger charge is -2.32. The molecule has 0 amide bonds. The van der Waals surface area contributed by atoms with Crippen molar-refractivity contribution >= 4 is 8.60 Å². The summed E-state index contributed by atoms with van der Waals surface area (Å²) in [6, 6.07) is 4.06. The second-order valence-electron chi connectivity index (χ2n) is 12.9. The van der Waals surface area contributed by atoms with Crippen molar-refractivity contribution in [2.75, 3.05) is 0 Å². The standard InChI is InChI=1S/C32H59O3P/c1-8-9-10-11-12-13-14-15-16-17-18-19-20-21-22-23-24-27-28(31(2,3)4)25-26-29(35-36(33)34)30(27)32(5,6)7/h25-26,33-34H,8-24H2,1-7H3. The molecule has 0 aliphatic heterocycles. The third kappa shape index (κ3) is 13.8. The number of benzene rings is 1. The predicted molar refractivity (Wildman–Crippen MR) is 159 cm³/mol. The summed E-state index contributed by atoms with van der Waals surface area (Å²) >= 11 is 0. The fourth-order valence-electron chi connectivity index (χ4n) is 5.42. The Balaban J connectivity index is 2.41. The zero-order valence-electron chi connectivity index (χ0n) is 24.9. The molecule has 0 bridgehead atoms. The van der Waals surface area contributed by atoms with Gasteiger partial charge in [0.05, 0.1) is 0 Å². The minimum absolute atomic E-state index is 0.0338. The highest BCUT2D eigenvalue weighted by molar-refractivity contribution is 7.39. The highest BCUT2D eigenvalue weighted by Gasteiger charge is 2.29. The Morgan fingerprint density at radius 1 is 0.611 bits per heavy atom. The first kappa shape index (κ1) is 33.4. The SMILES string of the molecule is CCCCCCCCCCCCCCCCCCc1c(C(C)(C)C)ccc(OP(O)O)c1C(C)(C)C. The Hall–Kier alpha value is -0.630. The lowest BCUT2D eigenvalue weighted by Crippen LogP contribution is -2.22. The van der Waals surface area contributed by atoms with Gasteiger partial charge in [0.15, 0.2) is 0 Å². The average Bonchev–Trinajstić information content (AvgIpc) is 2.76. The lowest BCUT2D eigenvalue weighted by atomic mass is 9.74. The molecule has 1 aromatic rings. The van der Waals surface area contributed by atoms with Crippen LogP contribution in [0.4, 0.5) is 0 Å². The van der Waals surface area contributed by atoms with Crippen LogP contribution >= 0.6 is 8.60 Å². The molecule has 0 aliphatic rings. The highest BCUT2D eigenvalue weighted by atomic mass is 31.2. The quantitative estimate of drug-likeness (QED) is 0.140. The summed E-state index contributed by atoms with van der Waals surface area (Å²) in [5, 5.41) is 0. The van der Waals surface area contributed by atoms with Crippen LogP contribution in [0.5, 0.6) is 5.75 Å². The minimum atomic E-state index is -2.42. The zero-order valence-corrected chi connectivity index (χ0v) is 25.8. The number of rotatable bonds is 19. The van der Waals surface area contributed by atoms with Crippen LogP contribution in [-0.2, 0) is 17.3 Å². The van der Waals surface area contributed by atoms with Crippen LogP contribution < -0.4 is 4.52 Å². The van der Waals surface area contributed by atoms with E-state index in [1.807, 2.05) is 6.07 Å². The fourth-order valence-corrected chi connectivity index (χ4v) is 5.75. The molecule has 0 saturated carbocycles. The summed E-state index contributed by atoms with van der Waals surface area (Å²) < 4.78 is 5.49. The largest absolute Gasteiger partial charge is 0.427 e. The van der Waals surface area contributed by atoms with Gasteiger partial charge in [0.1, 0.15) is 5.75 Å². The van der Waals surface area contributed by atoms with Gasteiger partial charge in [-0.25, -0.2) is 0 Å². The smallest absolute Gasteiger partial charge is 0.391 e. The van der Waals surface area contributed by atoms with Crippen LogP contribution in [0.2, 0.25) is 0 Å². The Kier molecular flexibility index (Phi) is 16.5. The van der Waals surface area contributed by atoms with Gasteiger partial charge in [-0.2, -0.15) is 0 Å². The van der Waals surface area contributed by atoms with Crippen LogP contribution in [0.15, 0.2) is 12.1 Å². The van der Waals surface area contributed by atoms with Gasteiger partial charge < -0.3 is 14.3 Å². The molecule has 0 aromatic heterocycles. The van der Waals surface area contributed by atoms with Crippen molar-refractivity contribution in [3.05, 3.63) is 28.8 Å². The van der Waals surface area contributed by atoms with Crippen molar-refractivity contribution in [1.82, 2.24) is 0 Å². The topological polar surface area (TPSA) is 49.7 Å². The second-order valence-corrected chi connectivity index (χ2v) is 13.6. The molecule has 0 unspecified atom stereocenters. The summed E-state index contributed by atoms with van der Waals surface area (Å²) in [7, 11) is -2.42. The van der Waals surface area contributed by atoms with Gasteiger partial charge in [-0.05, 0) is 40.9 Å². The molecule has 0 atom stereocenters. The van der Waals surface area contributed by atoms with E-state index in [-0.39, 0.29) is 10.8 Å². The highest BCUT2D eigenvalue weighted by Crippen LogP contribution is 2.43. The van der Waals surface area contributed by atoms with E-state index in [0.29, 0.717) is 5.75 Å². The lowest BCUT2D eigenvalue weighted by molar-refractivity contribution is 0.369. The first-order valence-corrected chi connectivity index (χ1v) is 16.2.